The van der Waals surface area contributed by atoms with Gasteiger partial charge in [0.15, 0.2) is 5.82 Å². The van der Waals surface area contributed by atoms with Crippen LogP contribution in [0, 0.1) is 6.92 Å². The maximum atomic E-state index is 12.4. The van der Waals surface area contributed by atoms with Gasteiger partial charge in [-0.3, -0.25) is 14.5 Å². The molecule has 114 valence electrons. The first-order valence-corrected chi connectivity index (χ1v) is 7.24. The van der Waals surface area contributed by atoms with Crippen molar-refractivity contribution in [3.63, 3.8) is 0 Å². The largest absolute Gasteiger partial charge is 0.360 e. The first kappa shape index (κ1) is 14.6. The second-order valence-electron chi connectivity index (χ2n) is 5.11. The highest BCUT2D eigenvalue weighted by Crippen LogP contribution is 2.28. The third kappa shape index (κ3) is 2.82. The van der Waals surface area contributed by atoms with E-state index in [2.05, 4.69) is 10.5 Å². The van der Waals surface area contributed by atoms with Crippen LogP contribution in [0.15, 0.2) is 34.9 Å². The van der Waals surface area contributed by atoms with Gasteiger partial charge < -0.3 is 9.84 Å². The predicted octanol–water partition coefficient (Wildman–Crippen LogP) is 2.77. The highest BCUT2D eigenvalue weighted by atomic mass is 35.5. The van der Waals surface area contributed by atoms with Crippen molar-refractivity contribution in [2.75, 3.05) is 10.2 Å². The first-order valence-electron chi connectivity index (χ1n) is 6.86. The molecule has 1 N–H and O–H groups in total. The fourth-order valence-electron chi connectivity index (χ4n) is 2.49. The fraction of sp³-hybridized carbons (Fsp3) is 0.267. The van der Waals surface area contributed by atoms with Gasteiger partial charge in [-0.2, -0.15) is 0 Å². The van der Waals surface area contributed by atoms with Gasteiger partial charge in [-0.15, -0.1) is 0 Å². The molecule has 1 aromatic heterocycles. The monoisotopic (exact) mass is 319 g/mol. The fourth-order valence-corrected chi connectivity index (χ4v) is 2.62. The quantitative estimate of drug-likeness (QED) is 0.944. The molecule has 1 aliphatic heterocycles. The third-order valence-electron chi connectivity index (χ3n) is 3.50. The highest BCUT2D eigenvalue weighted by molar-refractivity contribution is 6.30. The van der Waals surface area contributed by atoms with Crippen LogP contribution in [0.5, 0.6) is 0 Å². The van der Waals surface area contributed by atoms with Crippen molar-refractivity contribution in [1.29, 1.82) is 0 Å². The predicted molar refractivity (Wildman–Crippen MR) is 81.8 cm³/mol. The van der Waals surface area contributed by atoms with Gasteiger partial charge in [0.2, 0.25) is 11.8 Å². The summed E-state index contributed by atoms with van der Waals surface area (Å²) >= 11 is 5.86. The van der Waals surface area contributed by atoms with Crippen molar-refractivity contribution < 1.29 is 14.1 Å². The number of aryl methyl sites for hydroxylation is 1. The summed E-state index contributed by atoms with van der Waals surface area (Å²) < 4.78 is 4.91. The second kappa shape index (κ2) is 5.81. The molecule has 7 heteroatoms. The molecular formula is C15H14ClN3O3. The number of hydrogen-bond acceptors (Lipinski definition) is 4. The van der Waals surface area contributed by atoms with Gasteiger partial charge in [-0.25, -0.2) is 0 Å². The molecule has 1 fully saturated rings. The number of nitrogens with zero attached hydrogens (tertiary/aromatic N) is 2. The number of aromatic nitrogens is 1. The lowest BCUT2D eigenvalue weighted by Gasteiger charge is -2.23. The average Bonchev–Trinajstić information content (AvgIpc) is 3.06. The van der Waals surface area contributed by atoms with Crippen LogP contribution in [-0.2, 0) is 9.59 Å². The summed E-state index contributed by atoms with van der Waals surface area (Å²) in [6.45, 7) is 1.74. The zero-order valence-electron chi connectivity index (χ0n) is 11.9. The Morgan fingerprint density at radius 3 is 2.77 bits per heavy atom. The molecule has 0 bridgehead atoms. The summed E-state index contributed by atoms with van der Waals surface area (Å²) in [4.78, 5) is 26.0. The summed E-state index contributed by atoms with van der Waals surface area (Å²) in [7, 11) is 0. The number of carbonyl (C=O) groups excluding carboxylic acids is 2. The lowest BCUT2D eigenvalue weighted by Crippen LogP contribution is -2.41. The lowest BCUT2D eigenvalue weighted by atomic mass is 10.2. The molecule has 6 nitrogen and oxygen atoms in total. The van der Waals surface area contributed by atoms with Crippen LogP contribution in [0.1, 0.15) is 18.6 Å². The molecule has 22 heavy (non-hydrogen) atoms. The molecule has 0 saturated carbocycles. The number of anilines is 2. The van der Waals surface area contributed by atoms with Crippen molar-refractivity contribution in [2.45, 2.75) is 25.8 Å². The second-order valence-corrected chi connectivity index (χ2v) is 5.54. The average molecular weight is 320 g/mol. The lowest BCUT2D eigenvalue weighted by molar-refractivity contribution is -0.120. The van der Waals surface area contributed by atoms with Crippen molar-refractivity contribution in [3.8, 4) is 0 Å². The van der Waals surface area contributed by atoms with Crippen molar-refractivity contribution in [1.82, 2.24) is 5.16 Å². The van der Waals surface area contributed by atoms with Crippen molar-refractivity contribution in [2.24, 2.45) is 0 Å². The molecule has 2 heterocycles. The Balaban J connectivity index is 1.80. The van der Waals surface area contributed by atoms with E-state index >= 15 is 0 Å². The number of hydrogen-bond donors (Lipinski definition) is 1. The summed E-state index contributed by atoms with van der Waals surface area (Å²) in [5.74, 6) is 0.582. The van der Waals surface area contributed by atoms with Gasteiger partial charge in [-0.05, 0) is 37.6 Å². The molecule has 0 aliphatic carbocycles. The van der Waals surface area contributed by atoms with Crippen LogP contribution in [-0.4, -0.2) is 23.0 Å². The van der Waals surface area contributed by atoms with Gasteiger partial charge in [0.05, 0.1) is 0 Å². The zero-order valence-corrected chi connectivity index (χ0v) is 12.6. The summed E-state index contributed by atoms with van der Waals surface area (Å²) in [5, 5.41) is 6.98. The van der Waals surface area contributed by atoms with Crippen LogP contribution in [0.3, 0.4) is 0 Å². The van der Waals surface area contributed by atoms with Gasteiger partial charge in [-0.1, -0.05) is 16.8 Å². The van der Waals surface area contributed by atoms with Crippen LogP contribution < -0.4 is 10.2 Å². The number of halogens is 1. The number of benzene rings is 1. The Hall–Kier alpha value is -2.34. The molecule has 1 aliphatic rings. The summed E-state index contributed by atoms with van der Waals surface area (Å²) in [6.07, 6.45) is 0.794. The van der Waals surface area contributed by atoms with Gasteiger partial charge in [0.1, 0.15) is 11.8 Å². The van der Waals surface area contributed by atoms with Gasteiger partial charge in [0.25, 0.3) is 0 Å². The molecule has 0 spiro atoms. The normalized spacial score (nSPS) is 17.8. The van der Waals surface area contributed by atoms with E-state index in [-0.39, 0.29) is 11.8 Å². The molecular weight excluding hydrogens is 306 g/mol. The topological polar surface area (TPSA) is 75.4 Å². The Kier molecular flexibility index (Phi) is 3.85. The summed E-state index contributed by atoms with van der Waals surface area (Å²) in [6, 6.07) is 7.90. The van der Waals surface area contributed by atoms with E-state index in [9.17, 15) is 9.59 Å². The molecule has 1 unspecified atom stereocenters. The Morgan fingerprint density at radius 2 is 2.14 bits per heavy atom. The van der Waals surface area contributed by atoms with E-state index < -0.39 is 6.04 Å². The van der Waals surface area contributed by atoms with E-state index in [4.69, 9.17) is 16.1 Å². The van der Waals surface area contributed by atoms with E-state index in [0.29, 0.717) is 35.1 Å². The van der Waals surface area contributed by atoms with E-state index in [0.717, 1.165) is 0 Å². The van der Waals surface area contributed by atoms with Crippen LogP contribution >= 0.6 is 11.6 Å². The zero-order chi connectivity index (χ0) is 15.7. The molecule has 0 radical (unpaired) electrons. The van der Waals surface area contributed by atoms with E-state index in [1.165, 1.54) is 4.90 Å². The molecule has 1 aromatic carbocycles. The summed E-state index contributed by atoms with van der Waals surface area (Å²) in [5.41, 5.74) is 0.656. The number of carbonyl (C=O) groups is 2. The highest BCUT2D eigenvalue weighted by Gasteiger charge is 2.37. The maximum Gasteiger partial charge on any atom is 0.248 e. The van der Waals surface area contributed by atoms with Crippen molar-refractivity contribution in [3.05, 3.63) is 41.1 Å². The van der Waals surface area contributed by atoms with Crippen LogP contribution in [0.25, 0.3) is 0 Å². The minimum absolute atomic E-state index is 0.0844. The number of amides is 2. The molecule has 3 rings (SSSR count). The molecule has 1 atom stereocenters. The van der Waals surface area contributed by atoms with E-state index in [1.54, 1.807) is 37.3 Å². The van der Waals surface area contributed by atoms with E-state index in [1.807, 2.05) is 0 Å². The Morgan fingerprint density at radius 1 is 1.41 bits per heavy atom. The van der Waals surface area contributed by atoms with Gasteiger partial charge in [0, 0.05) is 23.2 Å². The molecule has 1 saturated heterocycles. The molecule has 2 aromatic rings. The molecule has 2 amide bonds. The van der Waals surface area contributed by atoms with Gasteiger partial charge >= 0.3 is 0 Å². The number of nitrogens with one attached hydrogen (secondary N) is 1. The maximum absolute atomic E-state index is 12.4. The van der Waals surface area contributed by atoms with Crippen molar-refractivity contribution >= 4 is 34.9 Å². The number of rotatable bonds is 3. The Labute approximate surface area is 132 Å². The Bertz CT molecular complexity index is 711. The SMILES string of the molecule is Cc1cc(NC(=O)C2CCC(=O)N2c2ccc(Cl)cc2)no1. The standard InChI is InChI=1S/C15H14ClN3O3/c1-9-8-13(18-22-9)17-15(21)12-6-7-14(20)19(12)11-4-2-10(16)3-5-11/h2-5,8,12H,6-7H2,1H3,(H,17,18,21). The third-order valence-corrected chi connectivity index (χ3v) is 3.75. The van der Waals surface area contributed by atoms with Crippen LogP contribution in [0.2, 0.25) is 5.02 Å². The minimum atomic E-state index is -0.564. The van der Waals surface area contributed by atoms with Crippen LogP contribution in [0.4, 0.5) is 11.5 Å². The first-order chi connectivity index (χ1) is 10.5. The minimum Gasteiger partial charge on any atom is -0.360 e. The smallest absolute Gasteiger partial charge is 0.248 e.